The van der Waals surface area contributed by atoms with Gasteiger partial charge >= 0.3 is 0 Å². The molecule has 1 atom stereocenters. The first-order valence-corrected chi connectivity index (χ1v) is 6.30. The van der Waals surface area contributed by atoms with Crippen molar-refractivity contribution in [3.63, 3.8) is 0 Å². The van der Waals surface area contributed by atoms with Crippen LogP contribution < -0.4 is 5.32 Å². The van der Waals surface area contributed by atoms with Gasteiger partial charge in [0.1, 0.15) is 6.04 Å². The maximum absolute atomic E-state index is 9.14. The van der Waals surface area contributed by atoms with E-state index in [1.165, 1.54) is 24.0 Å². The molecule has 1 unspecified atom stereocenters. The van der Waals surface area contributed by atoms with E-state index >= 15 is 0 Å². The van der Waals surface area contributed by atoms with Crippen molar-refractivity contribution in [1.82, 2.24) is 10.2 Å². The van der Waals surface area contributed by atoms with Crippen LogP contribution in [-0.4, -0.2) is 23.5 Å². The Morgan fingerprint density at radius 2 is 1.94 bits per heavy atom. The third-order valence-corrected chi connectivity index (χ3v) is 3.52. The maximum atomic E-state index is 9.14. The second-order valence-electron chi connectivity index (χ2n) is 5.06. The number of nitriles is 1. The van der Waals surface area contributed by atoms with Crippen LogP contribution in [0.1, 0.15) is 24.0 Å². The van der Waals surface area contributed by atoms with E-state index < -0.39 is 0 Å². The predicted octanol–water partition coefficient (Wildman–Crippen LogP) is 1.65. The average molecular weight is 227 g/mol. The summed E-state index contributed by atoms with van der Waals surface area (Å²) in [6.45, 7) is 2.81. The van der Waals surface area contributed by atoms with Gasteiger partial charge in [-0.1, -0.05) is 24.3 Å². The molecular formula is C14H17N3. The number of hydrogen-bond donors (Lipinski definition) is 1. The van der Waals surface area contributed by atoms with Crippen molar-refractivity contribution in [2.24, 2.45) is 0 Å². The van der Waals surface area contributed by atoms with Crippen LogP contribution in [0.3, 0.4) is 0 Å². The maximum Gasteiger partial charge on any atom is 0.108 e. The van der Waals surface area contributed by atoms with Gasteiger partial charge < -0.3 is 0 Å². The topological polar surface area (TPSA) is 39.1 Å². The third kappa shape index (κ3) is 2.49. The summed E-state index contributed by atoms with van der Waals surface area (Å²) in [6, 6.07) is 11.5. The lowest BCUT2D eigenvalue weighted by molar-refractivity contribution is 0.265. The minimum absolute atomic E-state index is 0.0168. The molecule has 2 aliphatic rings. The summed E-state index contributed by atoms with van der Waals surface area (Å²) in [5.74, 6) is 0. The highest BCUT2D eigenvalue weighted by Crippen LogP contribution is 2.23. The number of rotatable bonds is 4. The number of fused-ring (bicyclic) bond motifs is 1. The Kier molecular flexibility index (Phi) is 2.84. The molecule has 3 rings (SSSR count). The highest BCUT2D eigenvalue weighted by molar-refractivity contribution is 5.30. The van der Waals surface area contributed by atoms with E-state index in [2.05, 4.69) is 40.6 Å². The van der Waals surface area contributed by atoms with Crippen LogP contribution >= 0.6 is 0 Å². The van der Waals surface area contributed by atoms with Crippen LogP contribution in [0.2, 0.25) is 0 Å². The van der Waals surface area contributed by atoms with Gasteiger partial charge in [0.25, 0.3) is 0 Å². The third-order valence-electron chi connectivity index (χ3n) is 3.52. The fourth-order valence-corrected chi connectivity index (χ4v) is 2.46. The molecule has 0 aromatic heterocycles. The summed E-state index contributed by atoms with van der Waals surface area (Å²) >= 11 is 0. The molecule has 1 saturated carbocycles. The molecule has 3 nitrogen and oxygen atoms in total. The Labute approximate surface area is 102 Å². The van der Waals surface area contributed by atoms with E-state index in [0.29, 0.717) is 6.04 Å². The standard InChI is InChI=1S/C14H17N3/c15-7-14(16-13-5-6-13)10-17-8-11-3-1-2-4-12(11)9-17/h1-4,13-14,16H,5-6,8-10H2. The van der Waals surface area contributed by atoms with Crippen LogP contribution in [0, 0.1) is 11.3 Å². The fraction of sp³-hybridized carbons (Fsp3) is 0.500. The van der Waals surface area contributed by atoms with Crippen molar-refractivity contribution >= 4 is 0 Å². The number of hydrogen-bond acceptors (Lipinski definition) is 3. The summed E-state index contributed by atoms with van der Waals surface area (Å²) in [7, 11) is 0. The van der Waals surface area contributed by atoms with E-state index in [0.717, 1.165) is 19.6 Å². The molecule has 1 aromatic rings. The first kappa shape index (κ1) is 10.8. The Morgan fingerprint density at radius 1 is 1.29 bits per heavy atom. The highest BCUT2D eigenvalue weighted by atomic mass is 15.2. The minimum Gasteiger partial charge on any atom is -0.298 e. The first-order chi connectivity index (χ1) is 8.35. The van der Waals surface area contributed by atoms with Crippen molar-refractivity contribution in [1.29, 1.82) is 5.26 Å². The second kappa shape index (κ2) is 4.48. The molecule has 0 spiro atoms. The van der Waals surface area contributed by atoms with Crippen LogP contribution in [-0.2, 0) is 13.1 Å². The molecule has 1 aliphatic carbocycles. The molecule has 1 heterocycles. The van der Waals surface area contributed by atoms with Gasteiger partial charge in [0, 0.05) is 25.7 Å². The molecule has 0 amide bonds. The van der Waals surface area contributed by atoms with Gasteiger partial charge in [-0.2, -0.15) is 5.26 Å². The lowest BCUT2D eigenvalue weighted by atomic mass is 10.1. The van der Waals surface area contributed by atoms with E-state index in [1.54, 1.807) is 0 Å². The Bertz CT molecular complexity index is 420. The summed E-state index contributed by atoms with van der Waals surface area (Å²) in [5.41, 5.74) is 2.83. The van der Waals surface area contributed by atoms with Crippen LogP contribution in [0.15, 0.2) is 24.3 Å². The van der Waals surface area contributed by atoms with Gasteiger partial charge in [0.05, 0.1) is 6.07 Å². The average Bonchev–Trinajstić information content (AvgIpc) is 3.06. The van der Waals surface area contributed by atoms with Crippen molar-refractivity contribution in [2.45, 2.75) is 38.0 Å². The van der Waals surface area contributed by atoms with Crippen molar-refractivity contribution in [3.05, 3.63) is 35.4 Å². The molecule has 1 fully saturated rings. The van der Waals surface area contributed by atoms with Crippen LogP contribution in [0.4, 0.5) is 0 Å². The smallest absolute Gasteiger partial charge is 0.108 e. The zero-order valence-corrected chi connectivity index (χ0v) is 9.89. The van der Waals surface area contributed by atoms with Gasteiger partial charge in [0.15, 0.2) is 0 Å². The van der Waals surface area contributed by atoms with Gasteiger partial charge in [-0.3, -0.25) is 10.2 Å². The second-order valence-corrected chi connectivity index (χ2v) is 5.06. The molecule has 0 radical (unpaired) electrons. The SMILES string of the molecule is N#CC(CN1Cc2ccccc2C1)NC1CC1. The van der Waals surface area contributed by atoms with Gasteiger partial charge in [-0.25, -0.2) is 0 Å². The van der Waals surface area contributed by atoms with E-state index in [4.69, 9.17) is 5.26 Å². The molecular weight excluding hydrogens is 210 g/mol. The number of nitrogens with zero attached hydrogens (tertiary/aromatic N) is 2. The van der Waals surface area contributed by atoms with Gasteiger partial charge in [-0.15, -0.1) is 0 Å². The Hall–Kier alpha value is -1.37. The van der Waals surface area contributed by atoms with E-state index in [1.807, 2.05) is 0 Å². The normalized spacial score (nSPS) is 20.9. The molecule has 3 heteroatoms. The molecule has 0 saturated heterocycles. The Morgan fingerprint density at radius 3 is 2.47 bits per heavy atom. The van der Waals surface area contributed by atoms with Crippen LogP contribution in [0.5, 0.6) is 0 Å². The lowest BCUT2D eigenvalue weighted by Crippen LogP contribution is -2.39. The molecule has 1 aliphatic heterocycles. The van der Waals surface area contributed by atoms with Gasteiger partial charge in [0.2, 0.25) is 0 Å². The summed E-state index contributed by atoms with van der Waals surface area (Å²) in [4.78, 5) is 2.36. The summed E-state index contributed by atoms with van der Waals surface area (Å²) in [5, 5.41) is 12.5. The molecule has 17 heavy (non-hydrogen) atoms. The summed E-state index contributed by atoms with van der Waals surface area (Å²) < 4.78 is 0. The Balaban J connectivity index is 1.59. The molecule has 1 aromatic carbocycles. The monoisotopic (exact) mass is 227 g/mol. The summed E-state index contributed by atoms with van der Waals surface area (Å²) in [6.07, 6.45) is 2.47. The first-order valence-electron chi connectivity index (χ1n) is 6.30. The van der Waals surface area contributed by atoms with Crippen LogP contribution in [0.25, 0.3) is 0 Å². The highest BCUT2D eigenvalue weighted by Gasteiger charge is 2.27. The predicted molar refractivity (Wildman–Crippen MR) is 66.1 cm³/mol. The van der Waals surface area contributed by atoms with Crippen molar-refractivity contribution in [2.75, 3.05) is 6.54 Å². The quantitative estimate of drug-likeness (QED) is 0.850. The molecule has 88 valence electrons. The number of nitrogens with one attached hydrogen (secondary N) is 1. The largest absolute Gasteiger partial charge is 0.298 e. The lowest BCUT2D eigenvalue weighted by Gasteiger charge is -2.19. The van der Waals surface area contributed by atoms with Crippen molar-refractivity contribution in [3.8, 4) is 6.07 Å². The van der Waals surface area contributed by atoms with Gasteiger partial charge in [-0.05, 0) is 24.0 Å². The van der Waals surface area contributed by atoms with Crippen molar-refractivity contribution < 1.29 is 0 Å². The molecule has 0 bridgehead atoms. The fourth-order valence-electron chi connectivity index (χ4n) is 2.46. The molecule has 1 N–H and O–H groups in total. The van der Waals surface area contributed by atoms with E-state index in [9.17, 15) is 0 Å². The zero-order valence-electron chi connectivity index (χ0n) is 9.89. The van der Waals surface area contributed by atoms with E-state index in [-0.39, 0.29) is 6.04 Å². The minimum atomic E-state index is -0.0168. The zero-order chi connectivity index (χ0) is 11.7. The number of benzene rings is 1.